The topological polar surface area (TPSA) is 50.2 Å². The maximum atomic E-state index is 5.87. The molecule has 1 aliphatic heterocycles. The zero-order valence-electron chi connectivity index (χ0n) is 9.81. The van der Waals surface area contributed by atoms with Crippen molar-refractivity contribution in [2.75, 3.05) is 5.32 Å². The second-order valence-electron chi connectivity index (χ2n) is 4.09. The van der Waals surface area contributed by atoms with Crippen LogP contribution >= 0.6 is 11.6 Å². The Balaban J connectivity index is 1.93. The zero-order chi connectivity index (χ0) is 12.5. The fourth-order valence-corrected chi connectivity index (χ4v) is 1.93. The van der Waals surface area contributed by atoms with E-state index in [-0.39, 0.29) is 0 Å². The molecular formula is C13H11ClN4. The SMILES string of the molecule is Cc1ncc2c(n1)NC(c1ccc(Cl)cc1)=NC2. The molecule has 0 atom stereocenters. The predicted octanol–water partition coefficient (Wildman–Crippen LogP) is 2.81. The first-order valence-corrected chi connectivity index (χ1v) is 6.00. The van der Waals surface area contributed by atoms with Gasteiger partial charge in [-0.1, -0.05) is 11.6 Å². The van der Waals surface area contributed by atoms with E-state index in [4.69, 9.17) is 11.6 Å². The standard InChI is InChI=1S/C13H11ClN4/c1-8-15-6-10-7-16-12(18-13(10)17-8)9-2-4-11(14)5-3-9/h2-6H,7H2,1H3,(H,15,16,17,18). The van der Waals surface area contributed by atoms with Gasteiger partial charge in [0.15, 0.2) is 0 Å². The second kappa shape index (κ2) is 4.38. The summed E-state index contributed by atoms with van der Waals surface area (Å²) in [6.45, 7) is 2.47. The summed E-state index contributed by atoms with van der Waals surface area (Å²) in [5.41, 5.74) is 2.01. The number of hydrogen-bond donors (Lipinski definition) is 1. The van der Waals surface area contributed by atoms with Crippen molar-refractivity contribution in [3.63, 3.8) is 0 Å². The minimum absolute atomic E-state index is 0.598. The normalized spacial score (nSPS) is 13.6. The van der Waals surface area contributed by atoms with Gasteiger partial charge in [0.2, 0.25) is 0 Å². The fraction of sp³-hybridized carbons (Fsp3) is 0.154. The molecule has 2 aromatic rings. The molecule has 1 aromatic heterocycles. The average molecular weight is 259 g/mol. The highest BCUT2D eigenvalue weighted by molar-refractivity contribution is 6.30. The van der Waals surface area contributed by atoms with Crippen LogP contribution in [0.25, 0.3) is 0 Å². The number of aromatic nitrogens is 2. The molecule has 0 fully saturated rings. The average Bonchev–Trinajstić information content (AvgIpc) is 2.38. The summed E-state index contributed by atoms with van der Waals surface area (Å²) in [5.74, 6) is 2.40. The Hall–Kier alpha value is -1.94. The minimum atomic E-state index is 0.598. The van der Waals surface area contributed by atoms with Crippen LogP contribution in [0.3, 0.4) is 0 Å². The molecule has 0 radical (unpaired) electrons. The predicted molar refractivity (Wildman–Crippen MR) is 72.1 cm³/mol. The van der Waals surface area contributed by atoms with Crippen LogP contribution in [0.2, 0.25) is 5.02 Å². The van der Waals surface area contributed by atoms with Gasteiger partial charge in [-0.3, -0.25) is 4.99 Å². The number of hydrogen-bond acceptors (Lipinski definition) is 4. The second-order valence-corrected chi connectivity index (χ2v) is 4.52. The minimum Gasteiger partial charge on any atom is -0.324 e. The van der Waals surface area contributed by atoms with Gasteiger partial charge in [0.25, 0.3) is 0 Å². The van der Waals surface area contributed by atoms with Crippen molar-refractivity contribution in [2.45, 2.75) is 13.5 Å². The first-order valence-electron chi connectivity index (χ1n) is 5.62. The third-order valence-electron chi connectivity index (χ3n) is 2.75. The number of benzene rings is 1. The molecular weight excluding hydrogens is 248 g/mol. The van der Waals surface area contributed by atoms with E-state index in [9.17, 15) is 0 Å². The lowest BCUT2D eigenvalue weighted by Gasteiger charge is -2.17. The smallest absolute Gasteiger partial charge is 0.140 e. The van der Waals surface area contributed by atoms with E-state index in [0.29, 0.717) is 11.6 Å². The fourth-order valence-electron chi connectivity index (χ4n) is 1.81. The van der Waals surface area contributed by atoms with Gasteiger partial charge < -0.3 is 5.32 Å². The molecule has 0 saturated heterocycles. The number of nitrogens with one attached hydrogen (secondary N) is 1. The van der Waals surface area contributed by atoms with E-state index < -0.39 is 0 Å². The molecule has 0 amide bonds. The van der Waals surface area contributed by atoms with Crippen molar-refractivity contribution in [2.24, 2.45) is 4.99 Å². The van der Waals surface area contributed by atoms with E-state index in [1.165, 1.54) is 0 Å². The largest absolute Gasteiger partial charge is 0.324 e. The van der Waals surface area contributed by atoms with E-state index in [0.717, 1.165) is 28.6 Å². The third-order valence-corrected chi connectivity index (χ3v) is 3.00. The Morgan fingerprint density at radius 2 is 2.00 bits per heavy atom. The molecule has 0 spiro atoms. The Kier molecular flexibility index (Phi) is 2.72. The summed E-state index contributed by atoms with van der Waals surface area (Å²) in [5, 5.41) is 3.95. The van der Waals surface area contributed by atoms with Crippen molar-refractivity contribution < 1.29 is 0 Å². The van der Waals surface area contributed by atoms with Crippen LogP contribution in [0, 0.1) is 6.92 Å². The summed E-state index contributed by atoms with van der Waals surface area (Å²) < 4.78 is 0. The van der Waals surface area contributed by atoms with Gasteiger partial charge in [-0.15, -0.1) is 0 Å². The van der Waals surface area contributed by atoms with E-state index in [1.54, 1.807) is 0 Å². The van der Waals surface area contributed by atoms with Crippen LogP contribution in [-0.4, -0.2) is 15.8 Å². The number of fused-ring (bicyclic) bond motifs is 1. The highest BCUT2D eigenvalue weighted by Crippen LogP contribution is 2.20. The molecule has 4 nitrogen and oxygen atoms in total. The van der Waals surface area contributed by atoms with Crippen LogP contribution in [0.4, 0.5) is 5.82 Å². The first kappa shape index (κ1) is 11.2. The van der Waals surface area contributed by atoms with Gasteiger partial charge >= 0.3 is 0 Å². The van der Waals surface area contributed by atoms with Crippen LogP contribution in [0.5, 0.6) is 0 Å². The molecule has 90 valence electrons. The molecule has 2 heterocycles. The molecule has 18 heavy (non-hydrogen) atoms. The van der Waals surface area contributed by atoms with Crippen LogP contribution in [0.15, 0.2) is 35.5 Å². The molecule has 0 bridgehead atoms. The van der Waals surface area contributed by atoms with Gasteiger partial charge in [-0.05, 0) is 31.2 Å². The van der Waals surface area contributed by atoms with Crippen LogP contribution in [-0.2, 0) is 6.54 Å². The maximum Gasteiger partial charge on any atom is 0.140 e. The van der Waals surface area contributed by atoms with Crippen LogP contribution < -0.4 is 5.32 Å². The number of rotatable bonds is 1. The quantitative estimate of drug-likeness (QED) is 0.856. The molecule has 0 unspecified atom stereocenters. The molecule has 1 aromatic carbocycles. The lowest BCUT2D eigenvalue weighted by Crippen LogP contribution is -2.20. The highest BCUT2D eigenvalue weighted by Gasteiger charge is 2.14. The van der Waals surface area contributed by atoms with Gasteiger partial charge in [0, 0.05) is 22.3 Å². The van der Waals surface area contributed by atoms with E-state index in [1.807, 2.05) is 37.4 Å². The number of halogens is 1. The van der Waals surface area contributed by atoms with E-state index >= 15 is 0 Å². The van der Waals surface area contributed by atoms with Crippen molar-refractivity contribution in [3.8, 4) is 0 Å². The Morgan fingerprint density at radius 1 is 1.22 bits per heavy atom. The van der Waals surface area contributed by atoms with Crippen molar-refractivity contribution in [1.29, 1.82) is 0 Å². The lowest BCUT2D eigenvalue weighted by atomic mass is 10.1. The Bertz CT molecular complexity index is 619. The summed E-state index contributed by atoms with van der Waals surface area (Å²) in [6, 6.07) is 7.57. The van der Waals surface area contributed by atoms with E-state index in [2.05, 4.69) is 20.3 Å². The Morgan fingerprint density at radius 3 is 2.78 bits per heavy atom. The van der Waals surface area contributed by atoms with Crippen LogP contribution in [0.1, 0.15) is 17.0 Å². The number of nitrogens with zero attached hydrogens (tertiary/aromatic N) is 3. The van der Waals surface area contributed by atoms with Gasteiger partial charge in [-0.2, -0.15) is 0 Å². The monoisotopic (exact) mass is 258 g/mol. The summed E-state index contributed by atoms with van der Waals surface area (Å²) >= 11 is 5.87. The third kappa shape index (κ3) is 2.07. The molecule has 3 rings (SSSR count). The van der Waals surface area contributed by atoms with Gasteiger partial charge in [0.1, 0.15) is 17.5 Å². The van der Waals surface area contributed by atoms with Crippen molar-refractivity contribution >= 4 is 23.3 Å². The summed E-state index contributed by atoms with van der Waals surface area (Å²) in [7, 11) is 0. The molecule has 1 aliphatic rings. The first-order chi connectivity index (χ1) is 8.72. The highest BCUT2D eigenvalue weighted by atomic mass is 35.5. The zero-order valence-corrected chi connectivity index (χ0v) is 10.6. The number of anilines is 1. The van der Waals surface area contributed by atoms with Gasteiger partial charge in [-0.25, -0.2) is 9.97 Å². The molecule has 0 aliphatic carbocycles. The molecule has 5 heteroatoms. The van der Waals surface area contributed by atoms with Crippen molar-refractivity contribution in [1.82, 2.24) is 9.97 Å². The van der Waals surface area contributed by atoms with Crippen molar-refractivity contribution in [3.05, 3.63) is 52.4 Å². The molecule has 1 N–H and O–H groups in total. The maximum absolute atomic E-state index is 5.87. The summed E-state index contributed by atoms with van der Waals surface area (Å²) in [6.07, 6.45) is 1.81. The molecule has 0 saturated carbocycles. The lowest BCUT2D eigenvalue weighted by molar-refractivity contribution is 0.958. The number of aryl methyl sites for hydroxylation is 1. The Labute approximate surface area is 110 Å². The number of amidine groups is 1. The number of aliphatic imine (C=N–C) groups is 1. The van der Waals surface area contributed by atoms with Gasteiger partial charge in [0.05, 0.1) is 6.54 Å². The summed E-state index contributed by atoms with van der Waals surface area (Å²) in [4.78, 5) is 13.0.